The largest absolute Gasteiger partial charge is 0.383 e. The molecular weight excluding hydrogens is 364 g/mol. The van der Waals surface area contributed by atoms with Gasteiger partial charge in [-0.15, -0.1) is 0 Å². The van der Waals surface area contributed by atoms with E-state index in [2.05, 4.69) is 5.32 Å². The molecule has 1 aromatic rings. The molecule has 28 heavy (non-hydrogen) atoms. The lowest BCUT2D eigenvalue weighted by molar-refractivity contribution is -0.734. The number of likely N-dealkylation sites (tertiary alicyclic amines) is 1. The number of carbonyl (C=O) groups is 4. The molecule has 1 spiro atoms. The number of benzene rings is 1. The zero-order valence-corrected chi connectivity index (χ0v) is 15.5. The highest BCUT2D eigenvalue weighted by molar-refractivity contribution is 6.13. The molecule has 3 aliphatic rings. The number of hydrogen-bond acceptors (Lipinski definition) is 5. The van der Waals surface area contributed by atoms with Crippen molar-refractivity contribution < 1.29 is 29.2 Å². The molecule has 0 saturated carbocycles. The number of ether oxygens (including phenoxy) is 1. The van der Waals surface area contributed by atoms with Crippen molar-refractivity contribution in [2.24, 2.45) is 17.6 Å². The Bertz CT molecular complexity index is 872. The van der Waals surface area contributed by atoms with Crippen molar-refractivity contribution in [1.29, 1.82) is 0 Å². The third-order valence-corrected chi connectivity index (χ3v) is 6.11. The topological polar surface area (TPSA) is 135 Å². The van der Waals surface area contributed by atoms with Crippen molar-refractivity contribution in [3.05, 3.63) is 29.8 Å². The molecule has 3 aliphatic heterocycles. The molecule has 4 amide bonds. The first kappa shape index (κ1) is 18.6. The van der Waals surface area contributed by atoms with Gasteiger partial charge in [0.05, 0.1) is 18.8 Å². The first-order valence-electron chi connectivity index (χ1n) is 9.31. The summed E-state index contributed by atoms with van der Waals surface area (Å²) < 4.78 is 5.03. The van der Waals surface area contributed by atoms with Crippen molar-refractivity contribution in [1.82, 2.24) is 4.90 Å². The maximum Gasteiger partial charge on any atom is 0.291 e. The maximum atomic E-state index is 13.3. The number of hydrogen-bond donors (Lipinski definition) is 3. The molecule has 5 N–H and O–H groups in total. The van der Waals surface area contributed by atoms with E-state index >= 15 is 0 Å². The van der Waals surface area contributed by atoms with Crippen molar-refractivity contribution in [2.45, 2.75) is 24.4 Å². The molecule has 1 aromatic carbocycles. The molecule has 0 radical (unpaired) electrons. The molecule has 3 heterocycles. The normalized spacial score (nSPS) is 30.7. The van der Waals surface area contributed by atoms with Crippen molar-refractivity contribution in [2.75, 3.05) is 25.6 Å². The smallest absolute Gasteiger partial charge is 0.291 e. The third kappa shape index (κ3) is 2.46. The van der Waals surface area contributed by atoms with Crippen LogP contribution in [0.15, 0.2) is 24.3 Å². The predicted octanol–water partition coefficient (Wildman–Crippen LogP) is -1.71. The van der Waals surface area contributed by atoms with Gasteiger partial charge in [-0.3, -0.25) is 24.1 Å². The Hall–Kier alpha value is -2.78. The number of primary amides is 1. The van der Waals surface area contributed by atoms with E-state index in [9.17, 15) is 19.2 Å². The lowest BCUT2D eigenvalue weighted by atomic mass is 9.76. The number of para-hydroxylation sites is 1. The predicted molar refractivity (Wildman–Crippen MR) is 96.5 cm³/mol. The minimum Gasteiger partial charge on any atom is -0.383 e. The van der Waals surface area contributed by atoms with Crippen LogP contribution < -0.4 is 16.4 Å². The lowest BCUT2D eigenvalue weighted by Gasteiger charge is -2.26. The number of methoxy groups -OCH3 is 1. The van der Waals surface area contributed by atoms with E-state index in [-0.39, 0.29) is 37.3 Å². The van der Waals surface area contributed by atoms with Crippen LogP contribution in [0.5, 0.6) is 0 Å². The average Bonchev–Trinajstić information content (AvgIpc) is 3.24. The molecule has 4 atom stereocenters. The molecule has 0 aliphatic carbocycles. The fourth-order valence-electron chi connectivity index (χ4n) is 4.96. The number of fused-ring (bicyclic) bond motifs is 4. The van der Waals surface area contributed by atoms with Gasteiger partial charge in [0.25, 0.3) is 5.91 Å². The number of carbonyl (C=O) groups excluding carboxylic acids is 4. The van der Waals surface area contributed by atoms with E-state index in [0.29, 0.717) is 17.7 Å². The van der Waals surface area contributed by atoms with E-state index in [1.54, 1.807) is 11.4 Å². The third-order valence-electron chi connectivity index (χ3n) is 6.11. The summed E-state index contributed by atoms with van der Waals surface area (Å²) in [6.07, 6.45) is 0.411. The standard InChI is InChI=1S/C19H22N4O5/c1-28-9-8-23-16(25)14-12(6-7-13(20)24)22-19(15(14)17(23)26)10-4-2-3-5-11(10)21-18(19)27/h2-5,12,14-15,22H,6-9H2,1H3,(H2,20,24)(H,21,27)/p+1/t12-,14-,15+,19-/m1/s1. The molecule has 0 bridgehead atoms. The molecule has 0 unspecified atom stereocenters. The highest BCUT2D eigenvalue weighted by Gasteiger charge is 2.73. The second-order valence-electron chi connectivity index (χ2n) is 7.53. The Labute approximate surface area is 161 Å². The van der Waals surface area contributed by atoms with E-state index < -0.39 is 29.3 Å². The minimum absolute atomic E-state index is 0.0866. The van der Waals surface area contributed by atoms with Gasteiger partial charge in [0.1, 0.15) is 17.9 Å². The number of rotatable bonds is 6. The molecule has 9 nitrogen and oxygen atoms in total. The van der Waals surface area contributed by atoms with Gasteiger partial charge in [-0.2, -0.15) is 0 Å². The molecule has 148 valence electrons. The number of nitrogens with two attached hydrogens (primary N) is 2. The second-order valence-corrected chi connectivity index (χ2v) is 7.53. The average molecular weight is 387 g/mol. The molecule has 0 aromatic heterocycles. The van der Waals surface area contributed by atoms with Crippen LogP contribution in [-0.4, -0.2) is 54.8 Å². The Morgan fingerprint density at radius 3 is 2.75 bits per heavy atom. The Morgan fingerprint density at radius 2 is 2.04 bits per heavy atom. The minimum atomic E-state index is -1.21. The van der Waals surface area contributed by atoms with Crippen LogP contribution in [0.4, 0.5) is 5.69 Å². The summed E-state index contributed by atoms with van der Waals surface area (Å²) >= 11 is 0. The van der Waals surface area contributed by atoms with Crippen LogP contribution in [0.25, 0.3) is 0 Å². The first-order valence-corrected chi connectivity index (χ1v) is 9.31. The fraction of sp³-hybridized carbons (Fsp3) is 0.474. The number of anilines is 1. The Morgan fingerprint density at radius 1 is 1.29 bits per heavy atom. The number of nitrogens with one attached hydrogen (secondary N) is 1. The van der Waals surface area contributed by atoms with Gasteiger partial charge in [0.15, 0.2) is 0 Å². The second kappa shape index (κ2) is 6.68. The Kier molecular flexibility index (Phi) is 4.43. The number of quaternary nitrogens is 1. The molecule has 4 rings (SSSR count). The van der Waals surface area contributed by atoms with Gasteiger partial charge in [-0.1, -0.05) is 18.2 Å². The van der Waals surface area contributed by atoms with Crippen LogP contribution in [0.1, 0.15) is 18.4 Å². The molecule has 2 fully saturated rings. The van der Waals surface area contributed by atoms with Crippen LogP contribution >= 0.6 is 0 Å². The van der Waals surface area contributed by atoms with E-state index in [0.717, 1.165) is 0 Å². The summed E-state index contributed by atoms with van der Waals surface area (Å²) in [4.78, 5) is 52.0. The van der Waals surface area contributed by atoms with Gasteiger partial charge >= 0.3 is 0 Å². The van der Waals surface area contributed by atoms with Gasteiger partial charge < -0.3 is 21.1 Å². The summed E-state index contributed by atoms with van der Waals surface area (Å²) in [5.74, 6) is -2.96. The SMILES string of the molecule is COCCN1C(=O)[C@H]2[C@@H](C1=O)[C@@]1([NH2+][C@@H]2CCC(N)=O)C(=O)Nc2ccccc21. The summed E-state index contributed by atoms with van der Waals surface area (Å²) in [5.41, 5.74) is 5.44. The van der Waals surface area contributed by atoms with Crippen molar-refractivity contribution in [3.8, 4) is 0 Å². The number of amides is 4. The number of nitrogens with zero attached hydrogens (tertiary/aromatic N) is 1. The zero-order chi connectivity index (χ0) is 20.1. The zero-order valence-electron chi connectivity index (χ0n) is 15.5. The monoisotopic (exact) mass is 387 g/mol. The molecular formula is C19H23N4O5+. The Balaban J connectivity index is 1.79. The summed E-state index contributed by atoms with van der Waals surface area (Å²) in [5, 5.41) is 4.65. The van der Waals surface area contributed by atoms with Crippen LogP contribution in [0.3, 0.4) is 0 Å². The maximum absolute atomic E-state index is 13.3. The van der Waals surface area contributed by atoms with E-state index in [4.69, 9.17) is 10.5 Å². The van der Waals surface area contributed by atoms with Crippen LogP contribution in [0.2, 0.25) is 0 Å². The lowest BCUT2D eigenvalue weighted by Crippen LogP contribution is -2.99. The van der Waals surface area contributed by atoms with Gasteiger partial charge in [-0.05, 0) is 6.07 Å². The summed E-state index contributed by atoms with van der Waals surface area (Å²) in [7, 11) is 1.50. The van der Waals surface area contributed by atoms with E-state index in [1.165, 1.54) is 12.0 Å². The number of imide groups is 1. The highest BCUT2D eigenvalue weighted by atomic mass is 16.5. The van der Waals surface area contributed by atoms with Gasteiger partial charge in [0.2, 0.25) is 23.3 Å². The highest BCUT2D eigenvalue weighted by Crippen LogP contribution is 2.49. The van der Waals surface area contributed by atoms with Crippen LogP contribution in [0, 0.1) is 11.8 Å². The van der Waals surface area contributed by atoms with Crippen molar-refractivity contribution in [3.63, 3.8) is 0 Å². The van der Waals surface area contributed by atoms with Gasteiger partial charge in [-0.25, -0.2) is 0 Å². The quantitative estimate of drug-likeness (QED) is 0.500. The summed E-state index contributed by atoms with van der Waals surface area (Å²) in [6.45, 7) is 0.366. The van der Waals surface area contributed by atoms with Crippen LogP contribution in [-0.2, 0) is 29.5 Å². The first-order chi connectivity index (χ1) is 13.4. The molecule has 9 heteroatoms. The van der Waals surface area contributed by atoms with Crippen molar-refractivity contribution >= 4 is 29.3 Å². The summed E-state index contributed by atoms with van der Waals surface area (Å²) in [6, 6.07) is 6.82. The fourth-order valence-corrected chi connectivity index (χ4v) is 4.96. The van der Waals surface area contributed by atoms with Gasteiger partial charge in [0, 0.05) is 25.5 Å². The van der Waals surface area contributed by atoms with E-state index in [1.807, 2.05) is 18.2 Å². The molecule has 2 saturated heterocycles.